The number of aryl methyl sites for hydroxylation is 1. The maximum absolute atomic E-state index is 9.21. The summed E-state index contributed by atoms with van der Waals surface area (Å²) in [6, 6.07) is 2.33. The Morgan fingerprint density at radius 3 is 2.73 bits per heavy atom. The monoisotopic (exact) mass is 315 g/mol. The van der Waals surface area contributed by atoms with Crippen molar-refractivity contribution in [2.75, 3.05) is 0 Å². The Kier molecular flexibility index (Phi) is 3.81. The van der Waals surface area contributed by atoms with Gasteiger partial charge in [-0.3, -0.25) is 4.40 Å². The van der Waals surface area contributed by atoms with Crippen molar-refractivity contribution in [1.29, 1.82) is 5.26 Å². The van der Waals surface area contributed by atoms with Gasteiger partial charge in [0.2, 0.25) is 0 Å². The van der Waals surface area contributed by atoms with Crippen LogP contribution in [0.4, 0.5) is 0 Å². The highest BCUT2D eigenvalue weighted by Crippen LogP contribution is 2.41. The molecule has 0 saturated carbocycles. The summed E-state index contributed by atoms with van der Waals surface area (Å²) in [5.74, 6) is 1.12. The van der Waals surface area contributed by atoms with Crippen molar-refractivity contribution in [2.45, 2.75) is 66.2 Å². The molecule has 0 N–H and O–H groups in total. The Hall–Kier alpha value is -1.34. The molecule has 1 aliphatic carbocycles. The summed E-state index contributed by atoms with van der Waals surface area (Å²) in [7, 11) is 0. The van der Waals surface area contributed by atoms with Gasteiger partial charge in [0, 0.05) is 10.6 Å². The molecule has 0 bridgehead atoms. The lowest BCUT2D eigenvalue weighted by molar-refractivity contribution is 0.216. The van der Waals surface area contributed by atoms with Crippen LogP contribution in [0.3, 0.4) is 0 Å². The maximum atomic E-state index is 9.21. The number of nitriles is 1. The molecule has 0 aromatic carbocycles. The SMILES string of the molecule is CC(C)c1nc2sc3c(n2c1CC#N)CCC(C(C)(C)C)C3. The lowest BCUT2D eigenvalue weighted by Crippen LogP contribution is -2.26. The largest absolute Gasteiger partial charge is 0.290 e. The number of fused-ring (bicyclic) bond motifs is 3. The number of thiazole rings is 1. The van der Waals surface area contributed by atoms with Gasteiger partial charge in [-0.05, 0) is 36.5 Å². The van der Waals surface area contributed by atoms with Crippen LogP contribution >= 0.6 is 11.3 Å². The number of imidazole rings is 1. The molecule has 0 radical (unpaired) electrons. The zero-order chi connectivity index (χ0) is 16.1. The fourth-order valence-corrected chi connectivity index (χ4v) is 4.85. The van der Waals surface area contributed by atoms with E-state index >= 15 is 0 Å². The van der Waals surface area contributed by atoms with Gasteiger partial charge in [0.15, 0.2) is 4.96 Å². The molecule has 3 nitrogen and oxygen atoms in total. The van der Waals surface area contributed by atoms with Gasteiger partial charge in [-0.1, -0.05) is 34.6 Å². The predicted molar refractivity (Wildman–Crippen MR) is 91.4 cm³/mol. The van der Waals surface area contributed by atoms with Gasteiger partial charge < -0.3 is 0 Å². The van der Waals surface area contributed by atoms with E-state index in [1.165, 1.54) is 17.0 Å². The lowest BCUT2D eigenvalue weighted by atomic mass is 9.73. The molecule has 2 heterocycles. The summed E-state index contributed by atoms with van der Waals surface area (Å²) in [6.07, 6.45) is 3.98. The molecule has 0 saturated heterocycles. The topological polar surface area (TPSA) is 41.1 Å². The maximum Gasteiger partial charge on any atom is 0.194 e. The van der Waals surface area contributed by atoms with E-state index in [0.29, 0.717) is 17.8 Å². The standard InChI is InChI=1S/C18H25N3S/c1-11(2)16-14(8-9-19)21-13-7-6-12(18(3,4)5)10-15(13)22-17(21)20-16/h11-12H,6-8,10H2,1-5H3. The Bertz CT molecular complexity index is 737. The first-order chi connectivity index (χ1) is 10.3. The second kappa shape index (κ2) is 5.38. The summed E-state index contributed by atoms with van der Waals surface area (Å²) in [6.45, 7) is 11.4. The van der Waals surface area contributed by atoms with E-state index in [-0.39, 0.29) is 0 Å². The number of aromatic nitrogens is 2. The summed E-state index contributed by atoms with van der Waals surface area (Å²) in [5, 5.41) is 9.21. The quantitative estimate of drug-likeness (QED) is 0.803. The van der Waals surface area contributed by atoms with Crippen molar-refractivity contribution < 1.29 is 0 Å². The van der Waals surface area contributed by atoms with E-state index in [1.54, 1.807) is 0 Å². The summed E-state index contributed by atoms with van der Waals surface area (Å²) < 4.78 is 2.30. The zero-order valence-electron chi connectivity index (χ0n) is 14.2. The van der Waals surface area contributed by atoms with Crippen LogP contribution in [0, 0.1) is 22.7 Å². The van der Waals surface area contributed by atoms with Crippen LogP contribution in [0.25, 0.3) is 4.96 Å². The highest BCUT2D eigenvalue weighted by atomic mass is 32.1. The molecule has 22 heavy (non-hydrogen) atoms. The Morgan fingerprint density at radius 2 is 2.14 bits per heavy atom. The lowest BCUT2D eigenvalue weighted by Gasteiger charge is -2.33. The molecule has 0 amide bonds. The van der Waals surface area contributed by atoms with Crippen molar-refractivity contribution in [2.24, 2.45) is 11.3 Å². The van der Waals surface area contributed by atoms with Crippen LogP contribution in [-0.4, -0.2) is 9.38 Å². The minimum atomic E-state index is 0.363. The third-order valence-corrected chi connectivity index (χ3v) is 6.06. The third kappa shape index (κ3) is 2.46. The first-order valence-electron chi connectivity index (χ1n) is 8.21. The zero-order valence-corrected chi connectivity index (χ0v) is 15.0. The molecule has 2 aromatic rings. The average Bonchev–Trinajstić information content (AvgIpc) is 2.94. The highest BCUT2D eigenvalue weighted by Gasteiger charge is 2.32. The molecule has 118 valence electrons. The molecule has 3 rings (SSSR count). The Balaban J connectivity index is 2.09. The first-order valence-corrected chi connectivity index (χ1v) is 9.03. The number of nitrogens with zero attached hydrogens (tertiary/aromatic N) is 3. The molecule has 4 heteroatoms. The number of rotatable bonds is 2. The van der Waals surface area contributed by atoms with E-state index in [9.17, 15) is 5.26 Å². The summed E-state index contributed by atoms with van der Waals surface area (Å²) in [5.41, 5.74) is 4.01. The molecule has 0 spiro atoms. The van der Waals surface area contributed by atoms with Gasteiger partial charge in [0.1, 0.15) is 0 Å². The van der Waals surface area contributed by atoms with Crippen molar-refractivity contribution in [1.82, 2.24) is 9.38 Å². The van der Waals surface area contributed by atoms with E-state index < -0.39 is 0 Å². The molecule has 0 fully saturated rings. The number of hydrogen-bond donors (Lipinski definition) is 0. The van der Waals surface area contributed by atoms with E-state index in [1.807, 2.05) is 11.3 Å². The molecule has 2 aromatic heterocycles. The van der Waals surface area contributed by atoms with E-state index in [0.717, 1.165) is 35.1 Å². The minimum absolute atomic E-state index is 0.363. The molecule has 1 unspecified atom stereocenters. The van der Waals surface area contributed by atoms with Gasteiger partial charge in [0.25, 0.3) is 0 Å². The van der Waals surface area contributed by atoms with E-state index in [2.05, 4.69) is 45.1 Å². The van der Waals surface area contributed by atoms with Gasteiger partial charge in [-0.25, -0.2) is 4.98 Å². The van der Waals surface area contributed by atoms with Crippen LogP contribution in [0.2, 0.25) is 0 Å². The summed E-state index contributed by atoms with van der Waals surface area (Å²) >= 11 is 1.84. The predicted octanol–water partition coefficient (Wildman–Crippen LogP) is 4.74. The van der Waals surface area contributed by atoms with Crippen LogP contribution < -0.4 is 0 Å². The smallest absolute Gasteiger partial charge is 0.194 e. The molecular formula is C18H25N3S. The van der Waals surface area contributed by atoms with Crippen LogP contribution in [0.15, 0.2) is 0 Å². The van der Waals surface area contributed by atoms with Crippen molar-refractivity contribution in [3.63, 3.8) is 0 Å². The Labute approximate surface area is 137 Å². The Morgan fingerprint density at radius 1 is 1.41 bits per heavy atom. The first kappa shape index (κ1) is 15.6. The molecule has 0 aliphatic heterocycles. The molecule has 1 aliphatic rings. The molecular weight excluding hydrogens is 290 g/mol. The average molecular weight is 315 g/mol. The second-order valence-electron chi connectivity index (χ2n) is 7.83. The van der Waals surface area contributed by atoms with Crippen molar-refractivity contribution >= 4 is 16.3 Å². The van der Waals surface area contributed by atoms with E-state index in [4.69, 9.17) is 4.98 Å². The highest BCUT2D eigenvalue weighted by molar-refractivity contribution is 7.17. The minimum Gasteiger partial charge on any atom is -0.290 e. The van der Waals surface area contributed by atoms with Gasteiger partial charge in [-0.15, -0.1) is 11.3 Å². The summed E-state index contributed by atoms with van der Waals surface area (Å²) in [4.78, 5) is 7.43. The fraction of sp³-hybridized carbons (Fsp3) is 0.667. The van der Waals surface area contributed by atoms with Crippen LogP contribution in [-0.2, 0) is 19.3 Å². The molecule has 1 atom stereocenters. The normalized spacial score (nSPS) is 18.7. The third-order valence-electron chi connectivity index (χ3n) is 4.96. The van der Waals surface area contributed by atoms with Gasteiger partial charge in [0.05, 0.1) is 23.9 Å². The van der Waals surface area contributed by atoms with Crippen molar-refractivity contribution in [3.8, 4) is 6.07 Å². The number of hydrogen-bond acceptors (Lipinski definition) is 3. The van der Waals surface area contributed by atoms with Gasteiger partial charge in [-0.2, -0.15) is 5.26 Å². The van der Waals surface area contributed by atoms with Crippen LogP contribution in [0.1, 0.15) is 68.9 Å². The van der Waals surface area contributed by atoms with Crippen molar-refractivity contribution in [3.05, 3.63) is 22.0 Å². The van der Waals surface area contributed by atoms with Crippen LogP contribution in [0.5, 0.6) is 0 Å². The second-order valence-corrected chi connectivity index (χ2v) is 8.89. The fourth-order valence-electron chi connectivity index (χ4n) is 3.58. The van der Waals surface area contributed by atoms with Gasteiger partial charge >= 0.3 is 0 Å².